The highest BCUT2D eigenvalue weighted by molar-refractivity contribution is 6.30. The molecule has 0 aliphatic rings. The number of hydrogen-bond acceptors (Lipinski definition) is 3. The van der Waals surface area contributed by atoms with Gasteiger partial charge >= 0.3 is 0 Å². The number of halogens is 1. The van der Waals surface area contributed by atoms with Crippen LogP contribution >= 0.6 is 11.6 Å². The summed E-state index contributed by atoms with van der Waals surface area (Å²) in [4.78, 5) is 11.7. The molecule has 5 heteroatoms. The molecule has 0 aliphatic heterocycles. The molecule has 3 N–H and O–H groups in total. The standard InChI is InChI=1S/C14H21ClN2O2/c1-9(8-17-14(18)10(2)11(3)16)19-13-6-4-12(15)5-7-13/h4-7,9-11H,8,16H2,1-3H3,(H,17,18). The van der Waals surface area contributed by atoms with Crippen molar-refractivity contribution in [2.24, 2.45) is 11.7 Å². The first-order chi connectivity index (χ1) is 8.90. The second kappa shape index (κ2) is 7.36. The molecule has 0 spiro atoms. The lowest BCUT2D eigenvalue weighted by Crippen LogP contribution is -2.42. The predicted molar refractivity (Wildman–Crippen MR) is 77.4 cm³/mol. The molecule has 3 unspecified atom stereocenters. The summed E-state index contributed by atoms with van der Waals surface area (Å²) in [5, 5.41) is 3.49. The molecule has 1 aromatic rings. The van der Waals surface area contributed by atoms with E-state index in [9.17, 15) is 4.79 Å². The monoisotopic (exact) mass is 284 g/mol. The molecular formula is C14H21ClN2O2. The average Bonchev–Trinajstić information content (AvgIpc) is 2.37. The van der Waals surface area contributed by atoms with Crippen molar-refractivity contribution in [1.29, 1.82) is 0 Å². The maximum absolute atomic E-state index is 11.7. The molecule has 0 bridgehead atoms. The number of amides is 1. The first kappa shape index (κ1) is 15.8. The number of hydrogen-bond donors (Lipinski definition) is 2. The van der Waals surface area contributed by atoms with E-state index >= 15 is 0 Å². The third kappa shape index (κ3) is 5.49. The van der Waals surface area contributed by atoms with Crippen LogP contribution in [0.2, 0.25) is 5.02 Å². The number of carbonyl (C=O) groups excluding carboxylic acids is 1. The maximum atomic E-state index is 11.7. The topological polar surface area (TPSA) is 64.4 Å². The van der Waals surface area contributed by atoms with E-state index in [1.807, 2.05) is 20.8 Å². The van der Waals surface area contributed by atoms with Gasteiger partial charge in [-0.15, -0.1) is 0 Å². The van der Waals surface area contributed by atoms with Crippen molar-refractivity contribution in [3.05, 3.63) is 29.3 Å². The van der Waals surface area contributed by atoms with Gasteiger partial charge in [-0.3, -0.25) is 4.79 Å². The van der Waals surface area contributed by atoms with E-state index in [1.165, 1.54) is 0 Å². The van der Waals surface area contributed by atoms with Gasteiger partial charge in [-0.05, 0) is 38.1 Å². The van der Waals surface area contributed by atoms with E-state index in [-0.39, 0.29) is 24.0 Å². The van der Waals surface area contributed by atoms with Crippen LogP contribution in [0.25, 0.3) is 0 Å². The van der Waals surface area contributed by atoms with Gasteiger partial charge in [0, 0.05) is 17.0 Å². The Labute approximate surface area is 119 Å². The van der Waals surface area contributed by atoms with Crippen LogP contribution in [0.1, 0.15) is 20.8 Å². The van der Waals surface area contributed by atoms with E-state index in [2.05, 4.69) is 5.32 Å². The molecule has 0 aliphatic carbocycles. The fourth-order valence-electron chi connectivity index (χ4n) is 1.43. The second-order valence-electron chi connectivity index (χ2n) is 4.78. The normalized spacial score (nSPS) is 15.4. The molecular weight excluding hydrogens is 264 g/mol. The largest absolute Gasteiger partial charge is 0.489 e. The number of benzene rings is 1. The Bertz CT molecular complexity index is 406. The fraction of sp³-hybridized carbons (Fsp3) is 0.500. The zero-order valence-corrected chi connectivity index (χ0v) is 12.3. The van der Waals surface area contributed by atoms with Crippen LogP contribution in [0.3, 0.4) is 0 Å². The van der Waals surface area contributed by atoms with Crippen LogP contribution < -0.4 is 15.8 Å². The van der Waals surface area contributed by atoms with Crippen LogP contribution in [0.15, 0.2) is 24.3 Å². The minimum atomic E-state index is -0.206. The van der Waals surface area contributed by atoms with Crippen molar-refractivity contribution in [2.45, 2.75) is 32.9 Å². The van der Waals surface area contributed by atoms with Gasteiger partial charge in [0.25, 0.3) is 0 Å². The highest BCUT2D eigenvalue weighted by Crippen LogP contribution is 2.16. The summed E-state index contributed by atoms with van der Waals surface area (Å²) in [6.45, 7) is 5.96. The molecule has 3 atom stereocenters. The molecule has 0 saturated carbocycles. The summed E-state index contributed by atoms with van der Waals surface area (Å²) in [6.07, 6.45) is -0.120. The molecule has 0 aromatic heterocycles. The lowest BCUT2D eigenvalue weighted by molar-refractivity contribution is -0.125. The number of rotatable bonds is 6. The fourth-order valence-corrected chi connectivity index (χ4v) is 1.56. The molecule has 1 aromatic carbocycles. The van der Waals surface area contributed by atoms with E-state index in [0.29, 0.717) is 11.6 Å². The van der Waals surface area contributed by atoms with Crippen molar-refractivity contribution in [3.8, 4) is 5.75 Å². The van der Waals surface area contributed by atoms with Crippen molar-refractivity contribution in [2.75, 3.05) is 6.54 Å². The van der Waals surface area contributed by atoms with Crippen LogP contribution in [-0.2, 0) is 4.79 Å². The highest BCUT2D eigenvalue weighted by atomic mass is 35.5. The van der Waals surface area contributed by atoms with Gasteiger partial charge in [-0.2, -0.15) is 0 Å². The Hall–Kier alpha value is -1.26. The molecule has 0 heterocycles. The van der Waals surface area contributed by atoms with E-state index in [0.717, 1.165) is 5.75 Å². The van der Waals surface area contributed by atoms with Crippen molar-refractivity contribution < 1.29 is 9.53 Å². The molecule has 0 radical (unpaired) electrons. The Balaban J connectivity index is 2.37. The molecule has 0 fully saturated rings. The lowest BCUT2D eigenvalue weighted by atomic mass is 10.0. The molecule has 0 saturated heterocycles. The van der Waals surface area contributed by atoms with Crippen LogP contribution in [0.5, 0.6) is 5.75 Å². The van der Waals surface area contributed by atoms with E-state index in [1.54, 1.807) is 24.3 Å². The minimum Gasteiger partial charge on any atom is -0.489 e. The van der Waals surface area contributed by atoms with Crippen molar-refractivity contribution in [1.82, 2.24) is 5.32 Å². The van der Waals surface area contributed by atoms with Crippen LogP contribution in [0, 0.1) is 5.92 Å². The van der Waals surface area contributed by atoms with Crippen molar-refractivity contribution >= 4 is 17.5 Å². The molecule has 106 valence electrons. The summed E-state index contributed by atoms with van der Waals surface area (Å²) < 4.78 is 5.66. The third-order valence-corrected chi connectivity index (χ3v) is 3.17. The maximum Gasteiger partial charge on any atom is 0.224 e. The second-order valence-corrected chi connectivity index (χ2v) is 5.21. The Morgan fingerprint density at radius 3 is 2.42 bits per heavy atom. The highest BCUT2D eigenvalue weighted by Gasteiger charge is 2.17. The molecule has 1 amide bonds. The van der Waals surface area contributed by atoms with E-state index < -0.39 is 0 Å². The number of nitrogens with one attached hydrogen (secondary N) is 1. The molecule has 19 heavy (non-hydrogen) atoms. The zero-order chi connectivity index (χ0) is 14.4. The number of nitrogens with two attached hydrogens (primary N) is 1. The summed E-state index contributed by atoms with van der Waals surface area (Å²) in [5.74, 6) is 0.468. The van der Waals surface area contributed by atoms with Gasteiger partial charge in [-0.25, -0.2) is 0 Å². The summed E-state index contributed by atoms with van der Waals surface area (Å²) in [6, 6.07) is 6.96. The van der Waals surface area contributed by atoms with E-state index in [4.69, 9.17) is 22.1 Å². The summed E-state index contributed by atoms with van der Waals surface area (Å²) in [7, 11) is 0. The third-order valence-electron chi connectivity index (χ3n) is 2.92. The smallest absolute Gasteiger partial charge is 0.224 e. The summed E-state index contributed by atoms with van der Waals surface area (Å²) in [5.41, 5.74) is 5.68. The predicted octanol–water partition coefficient (Wildman–Crippen LogP) is 2.21. The number of ether oxygens (including phenoxy) is 1. The van der Waals surface area contributed by atoms with Crippen LogP contribution in [-0.4, -0.2) is 24.6 Å². The molecule has 1 rings (SSSR count). The van der Waals surface area contributed by atoms with Crippen LogP contribution in [0.4, 0.5) is 0 Å². The average molecular weight is 285 g/mol. The lowest BCUT2D eigenvalue weighted by Gasteiger charge is -2.19. The van der Waals surface area contributed by atoms with Gasteiger partial charge in [0.15, 0.2) is 0 Å². The molecule has 4 nitrogen and oxygen atoms in total. The minimum absolute atomic E-state index is 0.0541. The Morgan fingerprint density at radius 1 is 1.32 bits per heavy atom. The first-order valence-electron chi connectivity index (χ1n) is 6.35. The zero-order valence-electron chi connectivity index (χ0n) is 11.5. The van der Waals surface area contributed by atoms with Gasteiger partial charge in [-0.1, -0.05) is 18.5 Å². The van der Waals surface area contributed by atoms with Gasteiger partial charge in [0.1, 0.15) is 11.9 Å². The first-order valence-corrected chi connectivity index (χ1v) is 6.73. The summed E-state index contributed by atoms with van der Waals surface area (Å²) >= 11 is 5.79. The van der Waals surface area contributed by atoms with Gasteiger partial charge < -0.3 is 15.8 Å². The van der Waals surface area contributed by atoms with Gasteiger partial charge in [0.2, 0.25) is 5.91 Å². The van der Waals surface area contributed by atoms with Crippen molar-refractivity contribution in [3.63, 3.8) is 0 Å². The Morgan fingerprint density at radius 2 is 1.89 bits per heavy atom. The Kier molecular flexibility index (Phi) is 6.12. The van der Waals surface area contributed by atoms with Gasteiger partial charge in [0.05, 0.1) is 6.54 Å². The quantitative estimate of drug-likeness (QED) is 0.842. The number of carbonyl (C=O) groups is 1. The SMILES string of the molecule is CC(CNC(=O)C(C)C(C)N)Oc1ccc(Cl)cc1.